The van der Waals surface area contributed by atoms with Gasteiger partial charge in [0.1, 0.15) is 0 Å². The lowest BCUT2D eigenvalue weighted by atomic mass is 10.1. The topological polar surface area (TPSA) is 44.1 Å². The summed E-state index contributed by atoms with van der Waals surface area (Å²) in [6.45, 7) is 4.66. The Labute approximate surface area is 148 Å². The lowest BCUT2D eigenvalue weighted by molar-refractivity contribution is -0.126. The molecule has 5 heteroatoms. The van der Waals surface area contributed by atoms with Crippen LogP contribution in [-0.4, -0.2) is 17.4 Å². The molecule has 1 aromatic heterocycles. The molecule has 1 amide bonds. The van der Waals surface area contributed by atoms with Gasteiger partial charge in [-0.2, -0.15) is 5.26 Å². The number of halogens is 1. The van der Waals surface area contributed by atoms with Crippen molar-refractivity contribution >= 4 is 39.2 Å². The van der Waals surface area contributed by atoms with Gasteiger partial charge in [-0.05, 0) is 51.8 Å². The van der Waals surface area contributed by atoms with Crippen molar-refractivity contribution in [2.24, 2.45) is 0 Å². The van der Waals surface area contributed by atoms with Gasteiger partial charge in [0.2, 0.25) is 5.91 Å². The van der Waals surface area contributed by atoms with Crippen molar-refractivity contribution in [1.82, 2.24) is 4.90 Å². The predicted octanol–water partition coefficient (Wildman–Crippen LogP) is 4.61. The van der Waals surface area contributed by atoms with Gasteiger partial charge in [-0.3, -0.25) is 4.79 Å². The third kappa shape index (κ3) is 5.20. The molecule has 0 atom stereocenters. The van der Waals surface area contributed by atoms with Crippen molar-refractivity contribution in [1.29, 1.82) is 5.26 Å². The van der Waals surface area contributed by atoms with Gasteiger partial charge in [-0.25, -0.2) is 0 Å². The van der Waals surface area contributed by atoms with Crippen molar-refractivity contribution in [3.05, 3.63) is 74.9 Å². The van der Waals surface area contributed by atoms with E-state index in [1.165, 1.54) is 0 Å². The molecule has 0 N–H and O–H groups in total. The van der Waals surface area contributed by atoms with Crippen LogP contribution in [0.15, 0.2) is 58.9 Å². The van der Waals surface area contributed by atoms with E-state index in [9.17, 15) is 4.79 Å². The summed E-state index contributed by atoms with van der Waals surface area (Å²) in [6, 6.07) is 13.2. The van der Waals surface area contributed by atoms with Gasteiger partial charge in [0.05, 0.1) is 15.4 Å². The van der Waals surface area contributed by atoms with Gasteiger partial charge in [-0.15, -0.1) is 17.9 Å². The van der Waals surface area contributed by atoms with E-state index < -0.39 is 0 Å². The third-order valence-electron chi connectivity index (χ3n) is 3.10. The minimum atomic E-state index is -0.0706. The number of thiophene rings is 1. The van der Waals surface area contributed by atoms with Crippen LogP contribution in [-0.2, 0) is 11.3 Å². The van der Waals surface area contributed by atoms with Crippen molar-refractivity contribution in [3.63, 3.8) is 0 Å². The number of hydrogen-bond acceptors (Lipinski definition) is 3. The van der Waals surface area contributed by atoms with E-state index in [0.29, 0.717) is 18.7 Å². The number of nitrogens with zero attached hydrogens (tertiary/aromatic N) is 2. The van der Waals surface area contributed by atoms with Crippen LogP contribution in [0.4, 0.5) is 0 Å². The molecule has 23 heavy (non-hydrogen) atoms. The molecule has 3 nitrogen and oxygen atoms in total. The Bertz CT molecular complexity index is 756. The summed E-state index contributed by atoms with van der Waals surface area (Å²) in [4.78, 5) is 15.1. The average Bonchev–Trinajstić information content (AvgIpc) is 2.98. The highest BCUT2D eigenvalue weighted by molar-refractivity contribution is 9.11. The first-order chi connectivity index (χ1) is 11.1. The van der Waals surface area contributed by atoms with Gasteiger partial charge in [0.15, 0.2) is 0 Å². The molecule has 116 valence electrons. The Morgan fingerprint density at radius 3 is 2.61 bits per heavy atom. The molecule has 0 saturated carbocycles. The summed E-state index contributed by atoms with van der Waals surface area (Å²) in [7, 11) is 0. The second-order valence-corrected chi connectivity index (χ2v) is 7.29. The zero-order valence-electron chi connectivity index (χ0n) is 12.4. The first kappa shape index (κ1) is 17.2. The van der Waals surface area contributed by atoms with E-state index >= 15 is 0 Å². The maximum Gasteiger partial charge on any atom is 0.247 e. The average molecular weight is 387 g/mol. The molecule has 0 unspecified atom stereocenters. The molecule has 0 saturated heterocycles. The van der Waals surface area contributed by atoms with Gasteiger partial charge in [-0.1, -0.05) is 18.2 Å². The van der Waals surface area contributed by atoms with Crippen molar-refractivity contribution in [2.75, 3.05) is 6.54 Å². The molecule has 1 heterocycles. The van der Waals surface area contributed by atoms with Crippen LogP contribution in [0.2, 0.25) is 0 Å². The van der Waals surface area contributed by atoms with E-state index in [1.54, 1.807) is 40.5 Å². The second-order valence-electron chi connectivity index (χ2n) is 4.79. The molecule has 0 bridgehead atoms. The first-order valence-corrected chi connectivity index (χ1v) is 8.55. The van der Waals surface area contributed by atoms with Crippen molar-refractivity contribution < 1.29 is 4.79 Å². The highest BCUT2D eigenvalue weighted by atomic mass is 79.9. The number of amides is 1. The summed E-state index contributed by atoms with van der Waals surface area (Å²) in [6.07, 6.45) is 5.09. The molecular formula is C18H15BrN2OS. The number of benzene rings is 1. The number of nitriles is 1. The molecule has 0 aliphatic carbocycles. The molecule has 0 radical (unpaired) electrons. The van der Waals surface area contributed by atoms with Gasteiger partial charge >= 0.3 is 0 Å². The fraction of sp³-hybridized carbons (Fsp3) is 0.111. The Morgan fingerprint density at radius 2 is 2.04 bits per heavy atom. The number of carbonyl (C=O) groups is 1. The summed E-state index contributed by atoms with van der Waals surface area (Å²) in [5, 5.41) is 8.82. The van der Waals surface area contributed by atoms with E-state index in [-0.39, 0.29) is 5.91 Å². The molecule has 0 fully saturated rings. The van der Waals surface area contributed by atoms with E-state index in [1.807, 2.05) is 30.3 Å². The van der Waals surface area contributed by atoms with Crippen LogP contribution in [0.1, 0.15) is 16.0 Å². The second kappa shape index (κ2) is 8.47. The van der Waals surface area contributed by atoms with E-state index in [2.05, 4.69) is 28.6 Å². The molecular weight excluding hydrogens is 372 g/mol. The quantitative estimate of drug-likeness (QED) is 0.537. The van der Waals surface area contributed by atoms with Crippen LogP contribution in [0.5, 0.6) is 0 Å². The Hall–Kier alpha value is -2.16. The normalized spacial score (nSPS) is 10.4. The van der Waals surface area contributed by atoms with Gasteiger partial charge < -0.3 is 4.90 Å². The summed E-state index contributed by atoms with van der Waals surface area (Å²) >= 11 is 4.97. The lowest BCUT2D eigenvalue weighted by Gasteiger charge is -2.19. The minimum Gasteiger partial charge on any atom is -0.331 e. The number of carbonyl (C=O) groups excluding carboxylic acids is 1. The third-order valence-corrected chi connectivity index (χ3v) is 4.69. The van der Waals surface area contributed by atoms with Gasteiger partial charge in [0, 0.05) is 24.0 Å². The Balaban J connectivity index is 2.07. The molecule has 0 aliphatic rings. The van der Waals surface area contributed by atoms with Crippen molar-refractivity contribution in [3.8, 4) is 6.07 Å². The van der Waals surface area contributed by atoms with Crippen LogP contribution in [0.25, 0.3) is 6.08 Å². The Morgan fingerprint density at radius 1 is 1.30 bits per heavy atom. The van der Waals surface area contributed by atoms with Crippen LogP contribution in [0.3, 0.4) is 0 Å². The fourth-order valence-corrected chi connectivity index (χ4v) is 3.30. The summed E-state index contributed by atoms with van der Waals surface area (Å²) < 4.78 is 1.03. The van der Waals surface area contributed by atoms with Gasteiger partial charge in [0.25, 0.3) is 0 Å². The zero-order valence-corrected chi connectivity index (χ0v) is 14.8. The van der Waals surface area contributed by atoms with E-state index in [0.717, 1.165) is 14.2 Å². The minimum absolute atomic E-state index is 0.0706. The fourth-order valence-electron chi connectivity index (χ4n) is 1.97. The highest BCUT2D eigenvalue weighted by Gasteiger charge is 2.10. The molecule has 2 rings (SSSR count). The largest absolute Gasteiger partial charge is 0.331 e. The maximum atomic E-state index is 12.4. The van der Waals surface area contributed by atoms with Crippen molar-refractivity contribution in [2.45, 2.75) is 6.54 Å². The van der Waals surface area contributed by atoms with Crippen LogP contribution >= 0.6 is 27.3 Å². The predicted molar refractivity (Wildman–Crippen MR) is 97.8 cm³/mol. The first-order valence-electron chi connectivity index (χ1n) is 6.94. The number of rotatable bonds is 6. The highest BCUT2D eigenvalue weighted by Crippen LogP contribution is 2.23. The molecule has 1 aromatic carbocycles. The molecule has 0 aliphatic heterocycles. The maximum absolute atomic E-state index is 12.4. The summed E-state index contributed by atoms with van der Waals surface area (Å²) in [5.74, 6) is -0.0706. The van der Waals surface area contributed by atoms with Crippen LogP contribution in [0, 0.1) is 11.3 Å². The SMILES string of the molecule is C=CCN(Cc1ccc(C#N)cc1)C(=O)/C=C/c1ccc(Br)s1. The Kier molecular flexibility index (Phi) is 6.33. The number of hydrogen-bond donors (Lipinski definition) is 0. The standard InChI is InChI=1S/C18H15BrN2OS/c1-2-11-21(13-15-5-3-14(12-20)4-6-15)18(22)10-8-16-7-9-17(19)23-16/h2-10H,1,11,13H2/b10-8+. The zero-order chi connectivity index (χ0) is 16.7. The lowest BCUT2D eigenvalue weighted by Crippen LogP contribution is -2.29. The monoisotopic (exact) mass is 386 g/mol. The van der Waals surface area contributed by atoms with Crippen LogP contribution < -0.4 is 0 Å². The molecule has 2 aromatic rings. The smallest absolute Gasteiger partial charge is 0.247 e. The molecule has 0 spiro atoms. The van der Waals surface area contributed by atoms with E-state index in [4.69, 9.17) is 5.26 Å². The summed E-state index contributed by atoms with van der Waals surface area (Å²) in [5.41, 5.74) is 1.59.